The molecule has 0 aromatic rings. The Morgan fingerprint density at radius 1 is 0.892 bits per heavy atom. The standard InChI is InChI=1S/C22H40N8O7/c23-10-2-1-5-16(21(36)37)30-19(34)14(7-4-12-27-22(24)25)28-20(35)15(8-9-17(31)32)29-18(33)13-6-3-11-26-13/h13-16,26H,1-12,23H2,(H,28,35)(H,29,33)(H,30,34)(H,31,32)(H,36,37)(H4,24,25,27). The van der Waals surface area contributed by atoms with Crippen LogP contribution in [0.1, 0.15) is 57.8 Å². The number of rotatable bonds is 18. The van der Waals surface area contributed by atoms with Crippen LogP contribution in [0.2, 0.25) is 0 Å². The number of aliphatic imine (C=N–C) groups is 1. The summed E-state index contributed by atoms with van der Waals surface area (Å²) in [5.74, 6) is -4.47. The van der Waals surface area contributed by atoms with Crippen LogP contribution in [0, 0.1) is 0 Å². The van der Waals surface area contributed by atoms with Crippen LogP contribution in [0.3, 0.4) is 0 Å². The van der Waals surface area contributed by atoms with Gasteiger partial charge in [0.05, 0.1) is 6.04 Å². The van der Waals surface area contributed by atoms with E-state index < -0.39 is 53.8 Å². The molecule has 0 radical (unpaired) electrons. The molecular formula is C22H40N8O7. The highest BCUT2D eigenvalue weighted by molar-refractivity contribution is 5.94. The number of nitrogens with zero attached hydrogens (tertiary/aromatic N) is 1. The molecule has 37 heavy (non-hydrogen) atoms. The maximum Gasteiger partial charge on any atom is 0.326 e. The predicted octanol–water partition coefficient (Wildman–Crippen LogP) is -2.68. The molecule has 0 aliphatic carbocycles. The van der Waals surface area contributed by atoms with Crippen LogP contribution >= 0.6 is 0 Å². The number of unbranched alkanes of at least 4 members (excludes halogenated alkanes) is 1. The lowest BCUT2D eigenvalue weighted by Gasteiger charge is -2.25. The Kier molecular flexibility index (Phi) is 14.6. The highest BCUT2D eigenvalue weighted by Crippen LogP contribution is 2.09. The van der Waals surface area contributed by atoms with Crippen molar-refractivity contribution >= 4 is 35.6 Å². The van der Waals surface area contributed by atoms with Crippen LogP contribution < -0.4 is 38.5 Å². The van der Waals surface area contributed by atoms with Gasteiger partial charge in [-0.3, -0.25) is 24.2 Å². The lowest BCUT2D eigenvalue weighted by molar-refractivity contribution is -0.142. The second-order valence-electron chi connectivity index (χ2n) is 8.84. The molecule has 0 aromatic heterocycles. The average molecular weight is 529 g/mol. The van der Waals surface area contributed by atoms with Crippen LogP contribution in [-0.4, -0.2) is 89.6 Å². The molecule has 0 saturated carbocycles. The van der Waals surface area contributed by atoms with Crippen molar-refractivity contribution in [2.45, 2.75) is 82.0 Å². The molecule has 4 unspecified atom stereocenters. The topological polar surface area (TPSA) is 264 Å². The molecule has 1 heterocycles. The van der Waals surface area contributed by atoms with Crippen molar-refractivity contribution in [2.75, 3.05) is 19.6 Å². The first-order valence-electron chi connectivity index (χ1n) is 12.4. The predicted molar refractivity (Wildman–Crippen MR) is 134 cm³/mol. The van der Waals surface area contributed by atoms with Gasteiger partial charge in [0.15, 0.2) is 5.96 Å². The maximum absolute atomic E-state index is 13.1. The first kappa shape index (κ1) is 31.6. The van der Waals surface area contributed by atoms with Crippen molar-refractivity contribution in [2.24, 2.45) is 22.2 Å². The molecule has 1 fully saturated rings. The number of carbonyl (C=O) groups is 5. The maximum atomic E-state index is 13.1. The molecular weight excluding hydrogens is 488 g/mol. The minimum Gasteiger partial charge on any atom is -0.481 e. The van der Waals surface area contributed by atoms with Gasteiger partial charge in [-0.2, -0.15) is 0 Å². The lowest BCUT2D eigenvalue weighted by Crippen LogP contribution is -2.57. The molecule has 0 spiro atoms. The van der Waals surface area contributed by atoms with Crippen LogP contribution in [0.15, 0.2) is 4.99 Å². The van der Waals surface area contributed by atoms with Crippen molar-refractivity contribution in [1.29, 1.82) is 0 Å². The van der Waals surface area contributed by atoms with Gasteiger partial charge in [-0.05, 0) is 64.5 Å². The van der Waals surface area contributed by atoms with Crippen molar-refractivity contribution in [3.05, 3.63) is 0 Å². The van der Waals surface area contributed by atoms with Crippen LogP contribution in [0.4, 0.5) is 0 Å². The van der Waals surface area contributed by atoms with Gasteiger partial charge in [0.1, 0.15) is 18.1 Å². The first-order valence-corrected chi connectivity index (χ1v) is 12.4. The van der Waals surface area contributed by atoms with Gasteiger partial charge in [0, 0.05) is 13.0 Å². The Hall–Kier alpha value is -3.46. The highest BCUT2D eigenvalue weighted by Gasteiger charge is 2.31. The van der Waals surface area contributed by atoms with Crippen LogP contribution in [0.25, 0.3) is 0 Å². The molecule has 0 aromatic carbocycles. The van der Waals surface area contributed by atoms with E-state index in [0.29, 0.717) is 32.4 Å². The van der Waals surface area contributed by atoms with E-state index in [1.54, 1.807) is 0 Å². The zero-order valence-electron chi connectivity index (χ0n) is 20.9. The third kappa shape index (κ3) is 12.9. The minimum atomic E-state index is -1.23. The number of aliphatic carboxylic acids is 2. The van der Waals surface area contributed by atoms with Crippen LogP contribution in [-0.2, 0) is 24.0 Å². The van der Waals surface area contributed by atoms with E-state index >= 15 is 0 Å². The Labute approximate surface area is 215 Å². The Balaban J connectivity index is 2.97. The summed E-state index contributed by atoms with van der Waals surface area (Å²) in [6.07, 6.45) is 2.34. The zero-order chi connectivity index (χ0) is 27.8. The molecule has 15 heteroatoms. The Bertz CT molecular complexity index is 813. The summed E-state index contributed by atoms with van der Waals surface area (Å²) < 4.78 is 0. The average Bonchev–Trinajstić information content (AvgIpc) is 3.37. The van der Waals surface area contributed by atoms with E-state index in [0.717, 1.165) is 6.42 Å². The number of nitrogens with two attached hydrogens (primary N) is 3. The van der Waals surface area contributed by atoms with E-state index in [4.69, 9.17) is 22.3 Å². The number of carbonyl (C=O) groups excluding carboxylic acids is 3. The van der Waals surface area contributed by atoms with Gasteiger partial charge in [-0.15, -0.1) is 0 Å². The SMILES string of the molecule is NCCCCC(NC(=O)C(CCCN=C(N)N)NC(=O)C(CCC(=O)O)NC(=O)C1CCCN1)C(=O)O. The quantitative estimate of drug-likeness (QED) is 0.0502. The number of carboxylic acids is 2. The molecule has 12 N–H and O–H groups in total. The van der Waals surface area contributed by atoms with E-state index in [9.17, 15) is 29.1 Å². The smallest absolute Gasteiger partial charge is 0.326 e. The fourth-order valence-corrected chi connectivity index (χ4v) is 3.78. The van der Waals surface area contributed by atoms with Crippen LogP contribution in [0.5, 0.6) is 0 Å². The van der Waals surface area contributed by atoms with Gasteiger partial charge in [-0.1, -0.05) is 0 Å². The molecule has 1 aliphatic rings. The summed E-state index contributed by atoms with van der Waals surface area (Å²) in [4.78, 5) is 65.2. The zero-order valence-corrected chi connectivity index (χ0v) is 20.9. The fourth-order valence-electron chi connectivity index (χ4n) is 3.78. The summed E-state index contributed by atoms with van der Waals surface area (Å²) in [6.45, 7) is 1.19. The largest absolute Gasteiger partial charge is 0.481 e. The molecule has 4 atom stereocenters. The van der Waals surface area contributed by atoms with Gasteiger partial charge in [0.25, 0.3) is 0 Å². The summed E-state index contributed by atoms with van der Waals surface area (Å²) >= 11 is 0. The van der Waals surface area contributed by atoms with Gasteiger partial charge in [0.2, 0.25) is 17.7 Å². The monoisotopic (exact) mass is 528 g/mol. The third-order valence-electron chi connectivity index (χ3n) is 5.80. The van der Waals surface area contributed by atoms with Crippen molar-refractivity contribution in [3.8, 4) is 0 Å². The summed E-state index contributed by atoms with van der Waals surface area (Å²) in [5.41, 5.74) is 16.1. The van der Waals surface area contributed by atoms with Gasteiger partial charge < -0.3 is 48.7 Å². The summed E-state index contributed by atoms with van der Waals surface area (Å²) in [5, 5.41) is 29.1. The molecule has 1 aliphatic heterocycles. The van der Waals surface area contributed by atoms with Gasteiger partial charge in [-0.25, -0.2) is 4.79 Å². The van der Waals surface area contributed by atoms with Crippen molar-refractivity contribution in [3.63, 3.8) is 0 Å². The van der Waals surface area contributed by atoms with Gasteiger partial charge >= 0.3 is 11.9 Å². The number of hydrogen-bond acceptors (Lipinski definition) is 8. The highest BCUT2D eigenvalue weighted by atomic mass is 16.4. The second-order valence-corrected chi connectivity index (χ2v) is 8.84. The lowest BCUT2D eigenvalue weighted by atomic mass is 10.1. The van der Waals surface area contributed by atoms with E-state index in [1.165, 1.54) is 0 Å². The number of hydrogen-bond donors (Lipinski definition) is 9. The van der Waals surface area contributed by atoms with E-state index in [1.807, 2.05) is 0 Å². The number of nitrogens with one attached hydrogen (secondary N) is 4. The Morgan fingerprint density at radius 3 is 2.05 bits per heavy atom. The second kappa shape index (κ2) is 17.1. The fraction of sp³-hybridized carbons (Fsp3) is 0.727. The third-order valence-corrected chi connectivity index (χ3v) is 5.80. The Morgan fingerprint density at radius 2 is 1.51 bits per heavy atom. The van der Waals surface area contributed by atoms with Crippen molar-refractivity contribution in [1.82, 2.24) is 21.3 Å². The number of guanidine groups is 1. The molecule has 0 bridgehead atoms. The molecule has 1 saturated heterocycles. The molecule has 210 valence electrons. The minimum absolute atomic E-state index is 0.0628. The molecule has 1 rings (SSSR count). The normalized spacial score (nSPS) is 17.2. The van der Waals surface area contributed by atoms with E-state index in [2.05, 4.69) is 26.3 Å². The van der Waals surface area contributed by atoms with E-state index in [-0.39, 0.29) is 44.6 Å². The molecule has 15 nitrogen and oxygen atoms in total. The molecule has 3 amide bonds. The number of amides is 3. The first-order chi connectivity index (χ1) is 17.5. The number of carboxylic acid groups (broad SMARTS) is 2. The summed E-state index contributed by atoms with van der Waals surface area (Å²) in [7, 11) is 0. The van der Waals surface area contributed by atoms with Crippen molar-refractivity contribution < 1.29 is 34.2 Å². The summed E-state index contributed by atoms with van der Waals surface area (Å²) in [6, 6.07) is -4.07.